The molecule has 0 aliphatic rings. The summed E-state index contributed by atoms with van der Waals surface area (Å²) in [6.07, 6.45) is 0. The second-order valence-corrected chi connectivity index (χ2v) is 4.93. The summed E-state index contributed by atoms with van der Waals surface area (Å²) in [5.74, 6) is 0.562. The molecule has 0 saturated carbocycles. The van der Waals surface area contributed by atoms with Crippen LogP contribution < -0.4 is 10.1 Å². The number of para-hydroxylation sites is 1. The van der Waals surface area contributed by atoms with Crippen molar-refractivity contribution in [1.82, 2.24) is 5.32 Å². The van der Waals surface area contributed by atoms with Crippen LogP contribution in [0.3, 0.4) is 0 Å². The van der Waals surface area contributed by atoms with Crippen LogP contribution in [0.5, 0.6) is 5.75 Å². The molecular formula is C18H21NO3. The lowest BCUT2D eigenvalue weighted by Gasteiger charge is -2.13. The van der Waals surface area contributed by atoms with Crippen molar-refractivity contribution in [1.29, 1.82) is 0 Å². The molecule has 22 heavy (non-hydrogen) atoms. The molecule has 116 valence electrons. The van der Waals surface area contributed by atoms with Crippen molar-refractivity contribution < 1.29 is 14.3 Å². The number of rotatable bonds is 8. The van der Waals surface area contributed by atoms with Crippen molar-refractivity contribution in [3.63, 3.8) is 0 Å². The first-order valence-corrected chi connectivity index (χ1v) is 7.37. The molecule has 0 aromatic heterocycles. The Labute approximate surface area is 131 Å². The van der Waals surface area contributed by atoms with Crippen LogP contribution in [-0.4, -0.2) is 25.2 Å². The molecule has 0 unspecified atom stereocenters. The predicted octanol–water partition coefficient (Wildman–Crippen LogP) is 2.79. The van der Waals surface area contributed by atoms with Gasteiger partial charge in [0.05, 0.1) is 0 Å². The molecule has 0 aliphatic carbocycles. The lowest BCUT2D eigenvalue weighted by atomic mass is 10.2. The van der Waals surface area contributed by atoms with Crippen molar-refractivity contribution in [3.8, 4) is 5.75 Å². The van der Waals surface area contributed by atoms with Gasteiger partial charge in [-0.2, -0.15) is 0 Å². The number of carbonyl (C=O) groups is 1. The zero-order valence-corrected chi connectivity index (χ0v) is 12.7. The third kappa shape index (κ3) is 5.58. The van der Waals surface area contributed by atoms with Gasteiger partial charge >= 0.3 is 5.97 Å². The van der Waals surface area contributed by atoms with E-state index in [-0.39, 0.29) is 12.0 Å². The van der Waals surface area contributed by atoms with E-state index in [9.17, 15) is 4.79 Å². The maximum atomic E-state index is 11.9. The molecule has 0 radical (unpaired) electrons. The van der Waals surface area contributed by atoms with Gasteiger partial charge in [0, 0.05) is 6.54 Å². The molecule has 0 fully saturated rings. The van der Waals surface area contributed by atoms with E-state index in [4.69, 9.17) is 9.47 Å². The Hall–Kier alpha value is -2.33. The Kier molecular flexibility index (Phi) is 6.45. The van der Waals surface area contributed by atoms with Crippen molar-refractivity contribution in [3.05, 3.63) is 66.2 Å². The van der Waals surface area contributed by atoms with Gasteiger partial charge in [-0.1, -0.05) is 48.5 Å². The number of benzene rings is 2. The Balaban J connectivity index is 1.62. The molecule has 2 aromatic carbocycles. The minimum Gasteiger partial charge on any atom is -0.492 e. The largest absolute Gasteiger partial charge is 0.492 e. The lowest BCUT2D eigenvalue weighted by Crippen LogP contribution is -2.37. The van der Waals surface area contributed by atoms with Gasteiger partial charge in [-0.15, -0.1) is 0 Å². The predicted molar refractivity (Wildman–Crippen MR) is 85.6 cm³/mol. The van der Waals surface area contributed by atoms with Crippen molar-refractivity contribution in [2.75, 3.05) is 13.2 Å². The smallest absolute Gasteiger partial charge is 0.323 e. The molecule has 0 spiro atoms. The van der Waals surface area contributed by atoms with Crippen LogP contribution in [0.2, 0.25) is 0 Å². The molecule has 4 heteroatoms. The zero-order valence-electron chi connectivity index (χ0n) is 12.7. The van der Waals surface area contributed by atoms with E-state index in [2.05, 4.69) is 5.32 Å². The van der Waals surface area contributed by atoms with E-state index in [1.165, 1.54) is 0 Å². The van der Waals surface area contributed by atoms with Crippen LogP contribution in [0.1, 0.15) is 12.5 Å². The lowest BCUT2D eigenvalue weighted by molar-refractivity contribution is -0.147. The second kappa shape index (κ2) is 8.85. The molecule has 2 aromatic rings. The Bertz CT molecular complexity index is 557. The Morgan fingerprint density at radius 2 is 1.68 bits per heavy atom. The number of hydrogen-bond acceptors (Lipinski definition) is 4. The summed E-state index contributed by atoms with van der Waals surface area (Å²) in [6, 6.07) is 18.9. The first-order valence-electron chi connectivity index (χ1n) is 7.37. The minimum absolute atomic E-state index is 0.261. The number of nitrogens with one attached hydrogen (secondary N) is 1. The SMILES string of the molecule is C[C@H](NCCOc1ccccc1)C(=O)OCc1ccccc1. The van der Waals surface area contributed by atoms with Crippen LogP contribution in [-0.2, 0) is 16.1 Å². The third-order valence-corrected chi connectivity index (χ3v) is 3.14. The summed E-state index contributed by atoms with van der Waals surface area (Å²) in [5, 5.41) is 3.09. The summed E-state index contributed by atoms with van der Waals surface area (Å²) in [7, 11) is 0. The van der Waals surface area contributed by atoms with Gasteiger partial charge in [0.25, 0.3) is 0 Å². The zero-order chi connectivity index (χ0) is 15.6. The fourth-order valence-corrected chi connectivity index (χ4v) is 1.90. The van der Waals surface area contributed by atoms with E-state index in [0.29, 0.717) is 19.8 Å². The Morgan fingerprint density at radius 3 is 2.36 bits per heavy atom. The van der Waals surface area contributed by atoms with Crippen molar-refractivity contribution >= 4 is 5.97 Å². The van der Waals surface area contributed by atoms with Gasteiger partial charge in [-0.25, -0.2) is 0 Å². The highest BCUT2D eigenvalue weighted by Gasteiger charge is 2.13. The van der Waals surface area contributed by atoms with Crippen LogP contribution in [0.15, 0.2) is 60.7 Å². The molecule has 2 rings (SSSR count). The standard InChI is InChI=1S/C18H21NO3/c1-15(18(20)22-14-16-8-4-2-5-9-16)19-12-13-21-17-10-6-3-7-11-17/h2-11,15,19H,12-14H2,1H3/t15-/m0/s1. The van der Waals surface area contributed by atoms with E-state index >= 15 is 0 Å². The second-order valence-electron chi connectivity index (χ2n) is 4.93. The maximum Gasteiger partial charge on any atom is 0.323 e. The molecule has 1 atom stereocenters. The van der Waals surface area contributed by atoms with Gasteiger partial charge in [0.2, 0.25) is 0 Å². The quantitative estimate of drug-likeness (QED) is 0.601. The van der Waals surface area contributed by atoms with E-state index in [0.717, 1.165) is 11.3 Å². The summed E-state index contributed by atoms with van der Waals surface area (Å²) < 4.78 is 10.8. The molecule has 0 heterocycles. The highest BCUT2D eigenvalue weighted by atomic mass is 16.5. The van der Waals surface area contributed by atoms with Crippen LogP contribution in [0.25, 0.3) is 0 Å². The highest BCUT2D eigenvalue weighted by molar-refractivity contribution is 5.75. The first-order chi connectivity index (χ1) is 10.8. The summed E-state index contributed by atoms with van der Waals surface area (Å²) in [5.41, 5.74) is 0.982. The van der Waals surface area contributed by atoms with Crippen molar-refractivity contribution in [2.24, 2.45) is 0 Å². The monoisotopic (exact) mass is 299 g/mol. The molecule has 0 saturated heterocycles. The molecule has 1 N–H and O–H groups in total. The van der Waals surface area contributed by atoms with Crippen LogP contribution in [0.4, 0.5) is 0 Å². The summed E-state index contributed by atoms with van der Waals surface area (Å²) >= 11 is 0. The van der Waals surface area contributed by atoms with Crippen LogP contribution in [0, 0.1) is 0 Å². The molecule has 0 bridgehead atoms. The van der Waals surface area contributed by atoms with E-state index in [1.54, 1.807) is 6.92 Å². The maximum absolute atomic E-state index is 11.9. The number of esters is 1. The molecule has 4 nitrogen and oxygen atoms in total. The van der Waals surface area contributed by atoms with Gasteiger partial charge in [-0.3, -0.25) is 4.79 Å². The number of carbonyl (C=O) groups excluding carboxylic acids is 1. The average Bonchev–Trinajstić information content (AvgIpc) is 2.58. The molecule has 0 amide bonds. The highest BCUT2D eigenvalue weighted by Crippen LogP contribution is 2.07. The van der Waals surface area contributed by atoms with Crippen LogP contribution >= 0.6 is 0 Å². The fraction of sp³-hybridized carbons (Fsp3) is 0.278. The fourth-order valence-electron chi connectivity index (χ4n) is 1.90. The van der Waals surface area contributed by atoms with Gasteiger partial charge in [0.1, 0.15) is 25.0 Å². The van der Waals surface area contributed by atoms with Gasteiger partial charge in [0.15, 0.2) is 0 Å². The average molecular weight is 299 g/mol. The van der Waals surface area contributed by atoms with E-state index < -0.39 is 0 Å². The van der Waals surface area contributed by atoms with E-state index in [1.807, 2.05) is 60.7 Å². The first kappa shape index (κ1) is 16.0. The number of ether oxygens (including phenoxy) is 2. The van der Waals surface area contributed by atoms with Crippen molar-refractivity contribution in [2.45, 2.75) is 19.6 Å². The Morgan fingerprint density at radius 1 is 1.05 bits per heavy atom. The van der Waals surface area contributed by atoms with Gasteiger partial charge < -0.3 is 14.8 Å². The van der Waals surface area contributed by atoms with Gasteiger partial charge in [-0.05, 0) is 24.6 Å². The summed E-state index contributed by atoms with van der Waals surface area (Å²) in [6.45, 7) is 3.17. The number of hydrogen-bond donors (Lipinski definition) is 1. The topological polar surface area (TPSA) is 47.6 Å². The molecular weight excluding hydrogens is 278 g/mol. The third-order valence-electron chi connectivity index (χ3n) is 3.14. The minimum atomic E-state index is -0.358. The summed E-state index contributed by atoms with van der Waals surface area (Å²) in [4.78, 5) is 11.9. The normalized spacial score (nSPS) is 11.7. The molecule has 0 aliphatic heterocycles.